The molecule has 0 spiro atoms. The number of nitrogens with one attached hydrogen (secondary N) is 1. The van der Waals surface area contributed by atoms with Crippen molar-refractivity contribution in [1.82, 2.24) is 15.0 Å². The molecule has 0 unspecified atom stereocenters. The molecule has 1 heterocycles. The predicted octanol–water partition coefficient (Wildman–Crippen LogP) is 0.801. The van der Waals surface area contributed by atoms with Crippen LogP contribution < -0.4 is 15.0 Å². The first-order valence-electron chi connectivity index (χ1n) is 7.04. The predicted molar refractivity (Wildman–Crippen MR) is 81.1 cm³/mol. The summed E-state index contributed by atoms with van der Waals surface area (Å²) in [5.74, 6) is 1.06. The Balaban J connectivity index is 2.89. The molecule has 8 nitrogen and oxygen atoms in total. The van der Waals surface area contributed by atoms with Crippen molar-refractivity contribution in [3.05, 3.63) is 0 Å². The van der Waals surface area contributed by atoms with Crippen LogP contribution in [0, 0.1) is 0 Å². The second-order valence-corrected chi connectivity index (χ2v) is 4.25. The van der Waals surface area contributed by atoms with Gasteiger partial charge in [0, 0.05) is 41.0 Å². The Kier molecular flexibility index (Phi) is 8.37. The highest BCUT2D eigenvalue weighted by molar-refractivity contribution is 5.38. The largest absolute Gasteiger partial charge is 0.464 e. The summed E-state index contributed by atoms with van der Waals surface area (Å²) in [6.07, 6.45) is 0.880. The van der Waals surface area contributed by atoms with Gasteiger partial charge in [-0.3, -0.25) is 0 Å². The first kappa shape index (κ1) is 17.4. The van der Waals surface area contributed by atoms with Gasteiger partial charge < -0.3 is 24.4 Å². The highest BCUT2D eigenvalue weighted by Crippen LogP contribution is 2.15. The maximum atomic E-state index is 5.38. The van der Waals surface area contributed by atoms with Crippen molar-refractivity contribution in [2.45, 2.75) is 13.3 Å². The zero-order valence-corrected chi connectivity index (χ0v) is 13.3. The Morgan fingerprint density at radius 1 is 1.05 bits per heavy atom. The molecule has 120 valence electrons. The topological polar surface area (TPSA) is 81.6 Å². The average molecular weight is 299 g/mol. The third kappa shape index (κ3) is 6.09. The lowest BCUT2D eigenvalue weighted by atomic mass is 10.4. The number of anilines is 2. The molecule has 1 aromatic heterocycles. The van der Waals surface area contributed by atoms with Crippen LogP contribution in [0.3, 0.4) is 0 Å². The summed E-state index contributed by atoms with van der Waals surface area (Å²) in [7, 11) is 5.12. The third-order valence-corrected chi connectivity index (χ3v) is 2.72. The number of methoxy groups -OCH3 is 2. The van der Waals surface area contributed by atoms with E-state index < -0.39 is 0 Å². The van der Waals surface area contributed by atoms with E-state index in [2.05, 4.69) is 20.3 Å². The highest BCUT2D eigenvalue weighted by atomic mass is 16.5. The van der Waals surface area contributed by atoms with Crippen molar-refractivity contribution in [3.63, 3.8) is 0 Å². The molecular formula is C13H25N5O3. The Bertz CT molecular complexity index is 405. The van der Waals surface area contributed by atoms with Crippen LogP contribution in [0.1, 0.15) is 13.3 Å². The molecule has 0 saturated heterocycles. The molecule has 0 aliphatic carbocycles. The maximum Gasteiger partial charge on any atom is 0.323 e. The summed E-state index contributed by atoms with van der Waals surface area (Å²) in [5, 5.41) is 2.92. The number of rotatable bonds is 11. The molecule has 1 rings (SSSR count). The van der Waals surface area contributed by atoms with Crippen LogP contribution in [-0.2, 0) is 9.47 Å². The minimum Gasteiger partial charge on any atom is -0.464 e. The average Bonchev–Trinajstić information content (AvgIpc) is 2.50. The molecule has 21 heavy (non-hydrogen) atoms. The SMILES string of the molecule is CCOc1nc(NC)nc(N(CCCOC)CCOC)n1. The van der Waals surface area contributed by atoms with E-state index in [1.807, 2.05) is 11.8 Å². The van der Waals surface area contributed by atoms with Crippen molar-refractivity contribution in [2.24, 2.45) is 0 Å². The minimum absolute atomic E-state index is 0.320. The molecule has 1 aromatic rings. The Labute approximate surface area is 125 Å². The van der Waals surface area contributed by atoms with Gasteiger partial charge in [0.2, 0.25) is 11.9 Å². The van der Waals surface area contributed by atoms with E-state index in [4.69, 9.17) is 14.2 Å². The molecule has 0 bridgehead atoms. The zero-order valence-electron chi connectivity index (χ0n) is 13.3. The molecule has 0 aliphatic heterocycles. The highest BCUT2D eigenvalue weighted by Gasteiger charge is 2.13. The molecular weight excluding hydrogens is 274 g/mol. The van der Waals surface area contributed by atoms with E-state index in [9.17, 15) is 0 Å². The maximum absolute atomic E-state index is 5.38. The number of nitrogens with zero attached hydrogens (tertiary/aromatic N) is 4. The van der Waals surface area contributed by atoms with E-state index in [1.54, 1.807) is 21.3 Å². The lowest BCUT2D eigenvalue weighted by Gasteiger charge is -2.22. The number of ether oxygens (including phenoxy) is 3. The fourth-order valence-electron chi connectivity index (χ4n) is 1.71. The molecule has 8 heteroatoms. The van der Waals surface area contributed by atoms with Crippen LogP contribution in [-0.4, -0.2) is 69.1 Å². The molecule has 0 amide bonds. The van der Waals surface area contributed by atoms with Gasteiger partial charge in [0.1, 0.15) is 0 Å². The number of aromatic nitrogens is 3. The van der Waals surface area contributed by atoms with E-state index in [-0.39, 0.29) is 0 Å². The molecule has 0 saturated carbocycles. The molecule has 0 atom stereocenters. The second kappa shape index (κ2) is 10.1. The third-order valence-electron chi connectivity index (χ3n) is 2.72. The van der Waals surface area contributed by atoms with E-state index in [0.29, 0.717) is 44.3 Å². The van der Waals surface area contributed by atoms with Crippen molar-refractivity contribution in [1.29, 1.82) is 0 Å². The first-order valence-corrected chi connectivity index (χ1v) is 7.04. The van der Waals surface area contributed by atoms with Gasteiger partial charge in [0.15, 0.2) is 0 Å². The zero-order chi connectivity index (χ0) is 15.5. The van der Waals surface area contributed by atoms with Gasteiger partial charge in [-0.05, 0) is 13.3 Å². The van der Waals surface area contributed by atoms with Crippen LogP contribution in [0.2, 0.25) is 0 Å². The van der Waals surface area contributed by atoms with Crippen LogP contribution in [0.15, 0.2) is 0 Å². The summed E-state index contributed by atoms with van der Waals surface area (Å²) in [6.45, 7) is 5.15. The Morgan fingerprint density at radius 3 is 2.43 bits per heavy atom. The monoisotopic (exact) mass is 299 g/mol. The fourth-order valence-corrected chi connectivity index (χ4v) is 1.71. The van der Waals surface area contributed by atoms with Gasteiger partial charge in [-0.2, -0.15) is 15.0 Å². The Hall–Kier alpha value is -1.67. The van der Waals surface area contributed by atoms with Crippen LogP contribution >= 0.6 is 0 Å². The molecule has 0 radical (unpaired) electrons. The van der Waals surface area contributed by atoms with Gasteiger partial charge in [-0.1, -0.05) is 0 Å². The second-order valence-electron chi connectivity index (χ2n) is 4.25. The van der Waals surface area contributed by atoms with E-state index >= 15 is 0 Å². The lowest BCUT2D eigenvalue weighted by molar-refractivity contribution is 0.190. The quantitative estimate of drug-likeness (QED) is 0.601. The van der Waals surface area contributed by atoms with Crippen LogP contribution in [0.25, 0.3) is 0 Å². The van der Waals surface area contributed by atoms with Gasteiger partial charge in [0.05, 0.1) is 13.2 Å². The standard InChI is InChI=1S/C13H25N5O3/c1-5-21-13-16-11(14-2)15-12(17-13)18(8-10-20-4)7-6-9-19-3/h5-10H2,1-4H3,(H,14,15,16,17). The van der Waals surface area contributed by atoms with E-state index in [0.717, 1.165) is 13.0 Å². The van der Waals surface area contributed by atoms with Crippen LogP contribution in [0.4, 0.5) is 11.9 Å². The summed E-state index contributed by atoms with van der Waals surface area (Å²) < 4.78 is 15.6. The summed E-state index contributed by atoms with van der Waals surface area (Å²) >= 11 is 0. The molecule has 0 aromatic carbocycles. The van der Waals surface area contributed by atoms with Gasteiger partial charge in [0.25, 0.3) is 0 Å². The smallest absolute Gasteiger partial charge is 0.323 e. The summed E-state index contributed by atoms with van der Waals surface area (Å²) in [6, 6.07) is 0.320. The number of hydrogen-bond acceptors (Lipinski definition) is 8. The fraction of sp³-hybridized carbons (Fsp3) is 0.769. The Morgan fingerprint density at radius 2 is 1.81 bits per heavy atom. The first-order chi connectivity index (χ1) is 10.2. The minimum atomic E-state index is 0.320. The van der Waals surface area contributed by atoms with Crippen LogP contribution in [0.5, 0.6) is 6.01 Å². The van der Waals surface area contributed by atoms with Crippen molar-refractivity contribution in [2.75, 3.05) is 64.4 Å². The number of hydrogen-bond donors (Lipinski definition) is 1. The van der Waals surface area contributed by atoms with Gasteiger partial charge >= 0.3 is 6.01 Å². The normalized spacial score (nSPS) is 10.5. The molecule has 0 fully saturated rings. The van der Waals surface area contributed by atoms with Gasteiger partial charge in [-0.25, -0.2) is 0 Å². The van der Waals surface area contributed by atoms with Crippen molar-refractivity contribution < 1.29 is 14.2 Å². The van der Waals surface area contributed by atoms with Crippen molar-refractivity contribution in [3.8, 4) is 6.01 Å². The summed E-state index contributed by atoms with van der Waals surface area (Å²) in [5.41, 5.74) is 0. The molecule has 0 aliphatic rings. The van der Waals surface area contributed by atoms with Gasteiger partial charge in [-0.15, -0.1) is 0 Å². The van der Waals surface area contributed by atoms with E-state index in [1.165, 1.54) is 0 Å². The molecule has 1 N–H and O–H groups in total. The summed E-state index contributed by atoms with van der Waals surface area (Å²) in [4.78, 5) is 14.9. The van der Waals surface area contributed by atoms with Crippen molar-refractivity contribution >= 4 is 11.9 Å². The lowest BCUT2D eigenvalue weighted by Crippen LogP contribution is -2.31.